The molecule has 2 nitrogen and oxygen atoms in total. The van der Waals surface area contributed by atoms with E-state index in [0.717, 1.165) is 12.1 Å². The largest absolute Gasteiger partial charge is 0.325 e. The Hall–Kier alpha value is -1.31. The van der Waals surface area contributed by atoms with Gasteiger partial charge in [0.1, 0.15) is 0 Å². The van der Waals surface area contributed by atoms with Gasteiger partial charge in [-0.2, -0.15) is 0 Å². The second kappa shape index (κ2) is 2.63. The minimum absolute atomic E-state index is 0.176. The summed E-state index contributed by atoms with van der Waals surface area (Å²) < 4.78 is 0. The third-order valence-corrected chi connectivity index (χ3v) is 3.88. The highest BCUT2D eigenvalue weighted by Crippen LogP contribution is 2.62. The molecule has 1 N–H and O–H groups in total. The zero-order valence-corrected chi connectivity index (χ0v) is 9.08. The van der Waals surface area contributed by atoms with Crippen molar-refractivity contribution >= 4 is 11.6 Å². The van der Waals surface area contributed by atoms with Crippen LogP contribution in [0.25, 0.3) is 0 Å². The zero-order valence-electron chi connectivity index (χ0n) is 9.08. The fourth-order valence-corrected chi connectivity index (χ4v) is 3.00. The molecule has 2 atom stereocenters. The molecule has 3 rings (SSSR count). The molecule has 0 radical (unpaired) electrons. The van der Waals surface area contributed by atoms with Gasteiger partial charge in [0.15, 0.2) is 0 Å². The van der Waals surface area contributed by atoms with Gasteiger partial charge >= 0.3 is 0 Å². The third-order valence-electron chi connectivity index (χ3n) is 3.88. The van der Waals surface area contributed by atoms with E-state index in [-0.39, 0.29) is 11.3 Å². The molecule has 1 fully saturated rings. The quantitative estimate of drug-likeness (QED) is 0.743. The topological polar surface area (TPSA) is 29.1 Å². The van der Waals surface area contributed by atoms with Crippen LogP contribution in [0.4, 0.5) is 5.69 Å². The third kappa shape index (κ3) is 0.969. The number of nitrogens with one attached hydrogen (secondary N) is 1. The van der Waals surface area contributed by atoms with E-state index in [1.807, 2.05) is 18.2 Å². The summed E-state index contributed by atoms with van der Waals surface area (Å²) in [7, 11) is 0. The Bertz CT molecular complexity index is 438. The number of carbonyl (C=O) groups excluding carboxylic acids is 1. The summed E-state index contributed by atoms with van der Waals surface area (Å²) in [6.07, 6.45) is 1.02. The van der Waals surface area contributed by atoms with E-state index in [1.54, 1.807) is 0 Å². The molecule has 1 amide bonds. The number of carbonyl (C=O) groups is 1. The number of hydrogen-bond donors (Lipinski definition) is 1. The van der Waals surface area contributed by atoms with Gasteiger partial charge in [-0.25, -0.2) is 0 Å². The van der Waals surface area contributed by atoms with Crippen LogP contribution in [0.15, 0.2) is 24.3 Å². The number of hydrogen-bond acceptors (Lipinski definition) is 1. The van der Waals surface area contributed by atoms with E-state index in [0.29, 0.717) is 11.8 Å². The molecule has 2 heteroatoms. The Labute approximate surface area is 89.7 Å². The monoisotopic (exact) mass is 201 g/mol. The number of benzene rings is 1. The highest BCUT2D eigenvalue weighted by Gasteiger charge is 2.65. The maximum Gasteiger partial charge on any atom is 0.235 e. The van der Waals surface area contributed by atoms with Gasteiger partial charge in [0.25, 0.3) is 0 Å². The van der Waals surface area contributed by atoms with E-state index in [4.69, 9.17) is 0 Å². The fraction of sp³-hybridized carbons (Fsp3) is 0.462. The molecule has 1 saturated carbocycles. The molecule has 1 aliphatic heterocycles. The van der Waals surface area contributed by atoms with Crippen molar-refractivity contribution in [3.05, 3.63) is 29.8 Å². The number of rotatable bonds is 1. The van der Waals surface area contributed by atoms with Crippen LogP contribution in [0.2, 0.25) is 0 Å². The van der Waals surface area contributed by atoms with Gasteiger partial charge in [0.2, 0.25) is 5.91 Å². The zero-order chi connectivity index (χ0) is 10.6. The van der Waals surface area contributed by atoms with Crippen molar-refractivity contribution in [1.82, 2.24) is 0 Å². The van der Waals surface area contributed by atoms with Crippen molar-refractivity contribution in [2.24, 2.45) is 11.8 Å². The van der Waals surface area contributed by atoms with Crippen LogP contribution in [0.1, 0.15) is 25.8 Å². The molecule has 1 aromatic carbocycles. The second-order valence-electron chi connectivity index (χ2n) is 5.03. The van der Waals surface area contributed by atoms with Crippen molar-refractivity contribution in [3.8, 4) is 0 Å². The fourth-order valence-electron chi connectivity index (χ4n) is 3.00. The minimum atomic E-state index is -0.176. The molecule has 15 heavy (non-hydrogen) atoms. The normalized spacial score (nSPS) is 31.9. The molecule has 1 heterocycles. The van der Waals surface area contributed by atoms with Gasteiger partial charge in [0.05, 0.1) is 5.41 Å². The first-order valence-corrected chi connectivity index (χ1v) is 5.57. The first kappa shape index (κ1) is 8.96. The van der Waals surface area contributed by atoms with Crippen LogP contribution in [0.3, 0.4) is 0 Å². The van der Waals surface area contributed by atoms with Crippen LogP contribution in [0, 0.1) is 11.8 Å². The highest BCUT2D eigenvalue weighted by atomic mass is 16.2. The van der Waals surface area contributed by atoms with E-state index >= 15 is 0 Å². The van der Waals surface area contributed by atoms with Gasteiger partial charge in [-0.1, -0.05) is 32.0 Å². The minimum Gasteiger partial charge on any atom is -0.325 e. The number of para-hydroxylation sites is 1. The number of fused-ring (bicyclic) bond motifs is 2. The Kier molecular flexibility index (Phi) is 1.57. The van der Waals surface area contributed by atoms with Crippen LogP contribution in [0.5, 0.6) is 0 Å². The standard InChI is InChI=1S/C13H15NO/c1-8(2)10-7-13(10)9-5-3-4-6-11(9)14-12(13)15/h3-6,8,10H,7H2,1-2H3,(H,14,15). The predicted molar refractivity (Wildman–Crippen MR) is 59.7 cm³/mol. The Morgan fingerprint density at radius 1 is 1.40 bits per heavy atom. The molecular formula is C13H15NO. The van der Waals surface area contributed by atoms with Gasteiger partial charge in [0, 0.05) is 5.69 Å². The van der Waals surface area contributed by atoms with Gasteiger partial charge in [-0.05, 0) is 29.9 Å². The average molecular weight is 201 g/mol. The van der Waals surface area contributed by atoms with Crippen molar-refractivity contribution in [1.29, 1.82) is 0 Å². The summed E-state index contributed by atoms with van der Waals surface area (Å²) in [6.45, 7) is 4.40. The summed E-state index contributed by atoms with van der Waals surface area (Å²) in [6, 6.07) is 8.09. The second-order valence-corrected chi connectivity index (χ2v) is 5.03. The highest BCUT2D eigenvalue weighted by molar-refractivity contribution is 6.08. The molecular weight excluding hydrogens is 186 g/mol. The van der Waals surface area contributed by atoms with Crippen LogP contribution in [-0.4, -0.2) is 5.91 Å². The molecule has 2 unspecified atom stereocenters. The van der Waals surface area contributed by atoms with E-state index in [2.05, 4.69) is 25.2 Å². The summed E-state index contributed by atoms with van der Waals surface area (Å²) in [4.78, 5) is 12.0. The lowest BCUT2D eigenvalue weighted by Crippen LogP contribution is -2.22. The molecule has 1 aromatic rings. The van der Waals surface area contributed by atoms with E-state index < -0.39 is 0 Å². The molecule has 1 aliphatic carbocycles. The molecule has 0 saturated heterocycles. The summed E-state index contributed by atoms with van der Waals surface area (Å²) in [5, 5.41) is 3.00. The van der Waals surface area contributed by atoms with E-state index in [1.165, 1.54) is 5.56 Å². The van der Waals surface area contributed by atoms with E-state index in [9.17, 15) is 4.79 Å². The molecule has 0 bridgehead atoms. The Balaban J connectivity index is 2.09. The lowest BCUT2D eigenvalue weighted by Gasteiger charge is -2.10. The maximum absolute atomic E-state index is 12.0. The summed E-state index contributed by atoms with van der Waals surface area (Å²) in [5.74, 6) is 1.32. The Morgan fingerprint density at radius 2 is 2.13 bits per heavy atom. The van der Waals surface area contributed by atoms with Crippen molar-refractivity contribution in [2.75, 3.05) is 5.32 Å². The smallest absolute Gasteiger partial charge is 0.235 e. The first-order valence-electron chi connectivity index (χ1n) is 5.57. The molecule has 78 valence electrons. The van der Waals surface area contributed by atoms with Crippen LogP contribution in [-0.2, 0) is 10.2 Å². The van der Waals surface area contributed by atoms with Crippen LogP contribution < -0.4 is 5.32 Å². The first-order chi connectivity index (χ1) is 7.16. The molecule has 2 aliphatic rings. The lowest BCUT2D eigenvalue weighted by atomic mass is 9.91. The van der Waals surface area contributed by atoms with Gasteiger partial charge in [-0.3, -0.25) is 4.79 Å². The van der Waals surface area contributed by atoms with Crippen molar-refractivity contribution < 1.29 is 4.79 Å². The SMILES string of the molecule is CC(C)C1CC12C(=O)Nc1ccccc12. The number of anilines is 1. The predicted octanol–water partition coefficient (Wildman–Crippen LogP) is 2.55. The average Bonchev–Trinajstić information content (AvgIpc) is 2.88. The number of amides is 1. The maximum atomic E-state index is 12.0. The molecule has 1 spiro atoms. The lowest BCUT2D eigenvalue weighted by molar-refractivity contribution is -0.118. The van der Waals surface area contributed by atoms with Gasteiger partial charge in [-0.15, -0.1) is 0 Å². The van der Waals surface area contributed by atoms with Crippen molar-refractivity contribution in [3.63, 3.8) is 0 Å². The summed E-state index contributed by atoms with van der Waals surface area (Å²) >= 11 is 0. The van der Waals surface area contributed by atoms with Crippen molar-refractivity contribution in [2.45, 2.75) is 25.7 Å². The van der Waals surface area contributed by atoms with Crippen LogP contribution >= 0.6 is 0 Å². The van der Waals surface area contributed by atoms with Gasteiger partial charge < -0.3 is 5.32 Å². The molecule has 0 aromatic heterocycles. The summed E-state index contributed by atoms with van der Waals surface area (Å²) in [5.41, 5.74) is 2.06. The Morgan fingerprint density at radius 3 is 2.80 bits per heavy atom.